The maximum atomic E-state index is 12.9. The highest BCUT2D eigenvalue weighted by atomic mass is 35.5. The smallest absolute Gasteiger partial charge is 0.246 e. The third-order valence-electron chi connectivity index (χ3n) is 5.36. The summed E-state index contributed by atoms with van der Waals surface area (Å²) >= 11 is 0. The first-order valence-electron chi connectivity index (χ1n) is 8.98. The van der Waals surface area contributed by atoms with Gasteiger partial charge in [-0.25, -0.2) is 0 Å². The Morgan fingerprint density at radius 1 is 1.15 bits per heavy atom. The number of rotatable bonds is 3. The Balaban J connectivity index is 0.00000169. The van der Waals surface area contributed by atoms with Gasteiger partial charge in [-0.05, 0) is 32.3 Å². The van der Waals surface area contributed by atoms with E-state index in [9.17, 15) is 4.79 Å². The summed E-state index contributed by atoms with van der Waals surface area (Å²) in [5, 5.41) is 0. The molecule has 0 saturated carbocycles. The van der Waals surface area contributed by atoms with Crippen LogP contribution in [0.25, 0.3) is 0 Å². The van der Waals surface area contributed by atoms with Crippen molar-refractivity contribution in [2.75, 3.05) is 32.8 Å². The average molecular weight is 404 g/mol. The lowest BCUT2D eigenvalue weighted by molar-refractivity contribution is -0.139. The number of halogens is 2. The van der Waals surface area contributed by atoms with E-state index in [1.54, 1.807) is 0 Å². The van der Waals surface area contributed by atoms with Crippen molar-refractivity contribution in [2.45, 2.75) is 44.4 Å². The number of hydrogen-bond donors (Lipinski definition) is 1. The summed E-state index contributed by atoms with van der Waals surface area (Å²) in [5.74, 6) is 0.0301. The fourth-order valence-corrected chi connectivity index (χ4v) is 3.85. The van der Waals surface area contributed by atoms with Crippen molar-refractivity contribution in [1.82, 2.24) is 9.80 Å². The monoisotopic (exact) mass is 403 g/mol. The van der Waals surface area contributed by atoms with Crippen LogP contribution in [0.5, 0.6) is 0 Å². The van der Waals surface area contributed by atoms with E-state index in [0.717, 1.165) is 51.2 Å². The number of likely N-dealkylation sites (tertiary alicyclic amines) is 1. The van der Waals surface area contributed by atoms with E-state index in [-0.39, 0.29) is 30.7 Å². The van der Waals surface area contributed by atoms with Crippen molar-refractivity contribution in [3.63, 3.8) is 0 Å². The molecule has 2 heterocycles. The molecule has 0 bridgehead atoms. The zero-order chi connectivity index (χ0) is 17.2. The molecule has 2 aliphatic heterocycles. The SMILES string of the molecule is CC1CN(C2CCN(C(=O)C(C)(N)c3ccccc3)CC2)CCO1.Cl.Cl. The fourth-order valence-electron chi connectivity index (χ4n) is 3.85. The number of carbonyl (C=O) groups excluding carboxylic acids is 1. The molecule has 26 heavy (non-hydrogen) atoms. The molecule has 148 valence electrons. The molecule has 1 aromatic rings. The Bertz CT molecular complexity index is 563. The summed E-state index contributed by atoms with van der Waals surface area (Å²) in [6.45, 7) is 8.34. The van der Waals surface area contributed by atoms with Gasteiger partial charge in [0, 0.05) is 32.2 Å². The molecule has 0 aromatic heterocycles. The number of piperidine rings is 1. The number of nitrogens with two attached hydrogens (primary N) is 1. The summed E-state index contributed by atoms with van der Waals surface area (Å²) in [4.78, 5) is 17.4. The Morgan fingerprint density at radius 3 is 2.35 bits per heavy atom. The normalized spacial score (nSPS) is 24.1. The lowest BCUT2D eigenvalue weighted by Crippen LogP contribution is -2.56. The third kappa shape index (κ3) is 5.11. The number of hydrogen-bond acceptors (Lipinski definition) is 4. The van der Waals surface area contributed by atoms with E-state index in [1.165, 1.54) is 0 Å². The molecule has 2 fully saturated rings. The quantitative estimate of drug-likeness (QED) is 0.841. The highest BCUT2D eigenvalue weighted by Gasteiger charge is 2.37. The predicted molar refractivity (Wildman–Crippen MR) is 109 cm³/mol. The molecule has 2 aliphatic rings. The second-order valence-electron chi connectivity index (χ2n) is 7.27. The fraction of sp³-hybridized carbons (Fsp3) is 0.632. The molecular weight excluding hydrogens is 373 g/mol. The first kappa shape index (κ1) is 23.2. The summed E-state index contributed by atoms with van der Waals surface area (Å²) in [6, 6.07) is 10.2. The molecule has 2 saturated heterocycles. The molecule has 2 atom stereocenters. The zero-order valence-corrected chi connectivity index (χ0v) is 17.2. The van der Waals surface area contributed by atoms with E-state index in [4.69, 9.17) is 10.5 Å². The van der Waals surface area contributed by atoms with Gasteiger partial charge in [0.1, 0.15) is 5.54 Å². The van der Waals surface area contributed by atoms with Gasteiger partial charge in [0.25, 0.3) is 0 Å². The predicted octanol–water partition coefficient (Wildman–Crippen LogP) is 2.42. The minimum absolute atomic E-state index is 0. The molecule has 2 unspecified atom stereocenters. The van der Waals surface area contributed by atoms with Crippen LogP contribution in [0.2, 0.25) is 0 Å². The van der Waals surface area contributed by atoms with Gasteiger partial charge in [-0.15, -0.1) is 24.8 Å². The van der Waals surface area contributed by atoms with E-state index < -0.39 is 5.54 Å². The van der Waals surface area contributed by atoms with Crippen molar-refractivity contribution in [2.24, 2.45) is 5.73 Å². The van der Waals surface area contributed by atoms with Gasteiger partial charge in [-0.2, -0.15) is 0 Å². The number of amides is 1. The summed E-state index contributed by atoms with van der Waals surface area (Å²) in [6.07, 6.45) is 2.34. The number of carbonyl (C=O) groups is 1. The van der Waals surface area contributed by atoms with Crippen LogP contribution < -0.4 is 5.73 Å². The van der Waals surface area contributed by atoms with Crippen LogP contribution in [0.3, 0.4) is 0 Å². The summed E-state index contributed by atoms with van der Waals surface area (Å²) < 4.78 is 5.63. The second kappa shape index (κ2) is 9.90. The van der Waals surface area contributed by atoms with Gasteiger partial charge in [0.2, 0.25) is 5.91 Å². The highest BCUT2D eigenvalue weighted by Crippen LogP contribution is 2.25. The molecule has 2 N–H and O–H groups in total. The van der Waals surface area contributed by atoms with Crippen LogP contribution in [-0.4, -0.2) is 60.6 Å². The maximum absolute atomic E-state index is 12.9. The molecule has 0 spiro atoms. The van der Waals surface area contributed by atoms with Crippen molar-refractivity contribution in [3.05, 3.63) is 35.9 Å². The van der Waals surface area contributed by atoms with Crippen LogP contribution in [0.1, 0.15) is 32.3 Å². The van der Waals surface area contributed by atoms with Crippen molar-refractivity contribution >= 4 is 30.7 Å². The minimum Gasteiger partial charge on any atom is -0.376 e. The first-order chi connectivity index (χ1) is 11.5. The molecule has 0 aliphatic carbocycles. The highest BCUT2D eigenvalue weighted by molar-refractivity contribution is 5.87. The first-order valence-corrected chi connectivity index (χ1v) is 8.98. The number of morpholine rings is 1. The Kier molecular flexibility index (Phi) is 8.83. The van der Waals surface area contributed by atoms with Crippen molar-refractivity contribution in [1.29, 1.82) is 0 Å². The Morgan fingerprint density at radius 2 is 1.77 bits per heavy atom. The largest absolute Gasteiger partial charge is 0.376 e. The number of benzene rings is 1. The van der Waals surface area contributed by atoms with Crippen LogP contribution in [0, 0.1) is 0 Å². The molecule has 5 nitrogen and oxygen atoms in total. The molecule has 0 radical (unpaired) electrons. The molecular formula is C19H31Cl2N3O2. The summed E-state index contributed by atoms with van der Waals surface area (Å²) in [5.41, 5.74) is 6.31. The Hall–Kier alpha value is -0.850. The van der Waals surface area contributed by atoms with Gasteiger partial charge in [-0.1, -0.05) is 30.3 Å². The van der Waals surface area contributed by atoms with Crippen LogP contribution in [0.15, 0.2) is 30.3 Å². The number of nitrogens with zero attached hydrogens (tertiary/aromatic N) is 2. The van der Waals surface area contributed by atoms with Gasteiger partial charge in [0.05, 0.1) is 12.7 Å². The average Bonchev–Trinajstić information content (AvgIpc) is 2.62. The third-order valence-corrected chi connectivity index (χ3v) is 5.36. The van der Waals surface area contributed by atoms with Crippen LogP contribution >= 0.6 is 24.8 Å². The van der Waals surface area contributed by atoms with E-state index >= 15 is 0 Å². The van der Waals surface area contributed by atoms with Gasteiger partial charge in [0.15, 0.2) is 0 Å². The van der Waals surface area contributed by atoms with Gasteiger partial charge < -0.3 is 15.4 Å². The molecule has 1 aromatic carbocycles. The van der Waals surface area contributed by atoms with E-state index in [0.29, 0.717) is 12.1 Å². The lowest BCUT2D eigenvalue weighted by Gasteiger charge is -2.43. The number of ether oxygens (including phenoxy) is 1. The topological polar surface area (TPSA) is 58.8 Å². The lowest BCUT2D eigenvalue weighted by atomic mass is 9.90. The van der Waals surface area contributed by atoms with Crippen LogP contribution in [-0.2, 0) is 15.1 Å². The molecule has 3 rings (SSSR count). The Labute approximate surface area is 169 Å². The maximum Gasteiger partial charge on any atom is 0.246 e. The minimum atomic E-state index is -0.957. The van der Waals surface area contributed by atoms with E-state index in [2.05, 4.69) is 11.8 Å². The molecule has 1 amide bonds. The zero-order valence-electron chi connectivity index (χ0n) is 15.6. The van der Waals surface area contributed by atoms with Crippen molar-refractivity contribution < 1.29 is 9.53 Å². The summed E-state index contributed by atoms with van der Waals surface area (Å²) in [7, 11) is 0. The van der Waals surface area contributed by atoms with Gasteiger partial charge in [-0.3, -0.25) is 9.69 Å². The van der Waals surface area contributed by atoms with Gasteiger partial charge >= 0.3 is 0 Å². The second-order valence-corrected chi connectivity index (χ2v) is 7.27. The standard InChI is InChI=1S/C19H29N3O2.2ClH/c1-15-14-22(12-13-24-15)17-8-10-21(11-9-17)18(23)19(2,20)16-6-4-3-5-7-16;;/h3-7,15,17H,8-14,20H2,1-2H3;2*1H. The molecule has 7 heteroatoms. The van der Waals surface area contributed by atoms with E-state index in [1.807, 2.05) is 42.2 Å². The van der Waals surface area contributed by atoms with Crippen molar-refractivity contribution in [3.8, 4) is 0 Å². The van der Waals surface area contributed by atoms with Crippen LogP contribution in [0.4, 0.5) is 0 Å².